The molecule has 0 aliphatic heterocycles. The maximum atomic E-state index is 9.11. The molecule has 1 aliphatic carbocycles. The largest absolute Gasteiger partial charge is 0.382 e. The van der Waals surface area contributed by atoms with E-state index < -0.39 is 0 Å². The van der Waals surface area contributed by atoms with Crippen molar-refractivity contribution in [2.45, 2.75) is 23.4 Å². The zero-order chi connectivity index (χ0) is 6.69. The van der Waals surface area contributed by atoms with E-state index in [1.54, 1.807) is 0 Å². The zero-order valence-corrected chi connectivity index (χ0v) is 7.41. The molecule has 0 spiro atoms. The summed E-state index contributed by atoms with van der Waals surface area (Å²) in [7, 11) is 0. The third-order valence-electron chi connectivity index (χ3n) is 1.64. The third-order valence-corrected chi connectivity index (χ3v) is 2.57. The van der Waals surface area contributed by atoms with Crippen LogP contribution in [-0.2, 0) is 0 Å². The van der Waals surface area contributed by atoms with Gasteiger partial charge in [0.2, 0.25) is 0 Å². The van der Waals surface area contributed by atoms with Gasteiger partial charge >= 0.3 is 0 Å². The van der Waals surface area contributed by atoms with E-state index in [0.29, 0.717) is 5.92 Å². The average Bonchev–Trinajstić information content (AvgIpc) is 1.90. The molecule has 0 saturated carbocycles. The minimum absolute atomic E-state index is 0.181. The number of halogens is 1. The zero-order valence-electron chi connectivity index (χ0n) is 5.26. The van der Waals surface area contributed by atoms with E-state index in [9.17, 15) is 0 Å². The summed E-state index contributed by atoms with van der Waals surface area (Å²) in [6, 6.07) is 0. The number of hydrogen-bond acceptors (Lipinski definition) is 1. The molecular formula is C7H11IO. The molecule has 0 aromatic heterocycles. The standard InChI is InChI=1S/C7H11IO/c8-7(9)6-4-2-1-3-5-6/h2,4,6-7,9H,1,3,5H2/t6-,7?/m1/s1. The first-order valence-corrected chi connectivity index (χ1v) is 4.54. The number of allylic oxidation sites excluding steroid dienone is 1. The van der Waals surface area contributed by atoms with Gasteiger partial charge in [0.15, 0.2) is 0 Å². The van der Waals surface area contributed by atoms with E-state index in [1.165, 1.54) is 12.8 Å². The van der Waals surface area contributed by atoms with Crippen molar-refractivity contribution in [1.29, 1.82) is 0 Å². The molecule has 0 heterocycles. The van der Waals surface area contributed by atoms with Gasteiger partial charge in [0, 0.05) is 5.92 Å². The highest BCUT2D eigenvalue weighted by molar-refractivity contribution is 14.1. The Morgan fingerprint density at radius 2 is 2.44 bits per heavy atom. The molecule has 1 rings (SSSR count). The van der Waals surface area contributed by atoms with Gasteiger partial charge in [0.1, 0.15) is 4.11 Å². The van der Waals surface area contributed by atoms with Crippen molar-refractivity contribution in [2.24, 2.45) is 5.92 Å². The first-order chi connectivity index (χ1) is 4.30. The maximum Gasteiger partial charge on any atom is 0.111 e. The van der Waals surface area contributed by atoms with Crippen LogP contribution in [0.1, 0.15) is 19.3 Å². The van der Waals surface area contributed by atoms with Crippen molar-refractivity contribution >= 4 is 22.6 Å². The lowest BCUT2D eigenvalue weighted by Crippen LogP contribution is -2.12. The van der Waals surface area contributed by atoms with E-state index in [1.807, 2.05) is 0 Å². The summed E-state index contributed by atoms with van der Waals surface area (Å²) < 4.78 is -0.181. The molecule has 1 aliphatic rings. The summed E-state index contributed by atoms with van der Waals surface area (Å²) in [6.45, 7) is 0. The fraction of sp³-hybridized carbons (Fsp3) is 0.714. The van der Waals surface area contributed by atoms with Crippen molar-refractivity contribution in [3.8, 4) is 0 Å². The Bertz CT molecular complexity index is 109. The van der Waals surface area contributed by atoms with Crippen LogP contribution in [0.5, 0.6) is 0 Å². The Morgan fingerprint density at radius 3 is 2.78 bits per heavy atom. The van der Waals surface area contributed by atoms with E-state index in [4.69, 9.17) is 5.11 Å². The van der Waals surface area contributed by atoms with E-state index in [-0.39, 0.29) is 4.11 Å². The number of aliphatic hydroxyl groups is 1. The molecular weight excluding hydrogens is 227 g/mol. The molecule has 0 aromatic carbocycles. The molecule has 1 unspecified atom stereocenters. The summed E-state index contributed by atoms with van der Waals surface area (Å²) in [5.74, 6) is 0.416. The molecule has 2 heteroatoms. The van der Waals surface area contributed by atoms with Crippen LogP contribution in [-0.4, -0.2) is 9.22 Å². The normalized spacial score (nSPS) is 30.2. The molecule has 0 saturated heterocycles. The highest BCUT2D eigenvalue weighted by Crippen LogP contribution is 2.23. The van der Waals surface area contributed by atoms with Crippen LogP contribution >= 0.6 is 22.6 Å². The van der Waals surface area contributed by atoms with E-state index >= 15 is 0 Å². The minimum Gasteiger partial charge on any atom is -0.382 e. The van der Waals surface area contributed by atoms with Crippen LogP contribution in [0.25, 0.3) is 0 Å². The summed E-state index contributed by atoms with van der Waals surface area (Å²) in [5.41, 5.74) is 0. The highest BCUT2D eigenvalue weighted by Gasteiger charge is 2.13. The fourth-order valence-corrected chi connectivity index (χ4v) is 1.67. The minimum atomic E-state index is -0.181. The smallest absolute Gasteiger partial charge is 0.111 e. The second-order valence-corrected chi connectivity index (χ2v) is 3.67. The Kier molecular flexibility index (Phi) is 2.98. The van der Waals surface area contributed by atoms with Gasteiger partial charge in [-0.1, -0.05) is 34.7 Å². The van der Waals surface area contributed by atoms with Gasteiger partial charge in [-0.2, -0.15) is 0 Å². The number of hydrogen-bond donors (Lipinski definition) is 1. The topological polar surface area (TPSA) is 20.2 Å². The van der Waals surface area contributed by atoms with Crippen molar-refractivity contribution < 1.29 is 5.11 Å². The third kappa shape index (κ3) is 2.26. The quantitative estimate of drug-likeness (QED) is 0.421. The van der Waals surface area contributed by atoms with Crippen LogP contribution < -0.4 is 0 Å². The molecule has 0 amide bonds. The second kappa shape index (κ2) is 3.56. The van der Waals surface area contributed by atoms with Gasteiger partial charge in [-0.15, -0.1) is 0 Å². The highest BCUT2D eigenvalue weighted by atomic mass is 127. The predicted molar refractivity (Wildman–Crippen MR) is 46.5 cm³/mol. The van der Waals surface area contributed by atoms with Crippen LogP contribution in [0.4, 0.5) is 0 Å². The van der Waals surface area contributed by atoms with E-state index in [2.05, 4.69) is 34.7 Å². The summed E-state index contributed by atoms with van der Waals surface area (Å²) in [6.07, 6.45) is 7.87. The first kappa shape index (κ1) is 7.54. The molecule has 2 atom stereocenters. The van der Waals surface area contributed by atoms with Gasteiger partial charge in [0.25, 0.3) is 0 Å². The van der Waals surface area contributed by atoms with Crippen LogP contribution in [0, 0.1) is 5.92 Å². The monoisotopic (exact) mass is 238 g/mol. The van der Waals surface area contributed by atoms with Gasteiger partial charge in [-0.3, -0.25) is 0 Å². The average molecular weight is 238 g/mol. The van der Waals surface area contributed by atoms with Gasteiger partial charge in [-0.25, -0.2) is 0 Å². The lowest BCUT2D eigenvalue weighted by molar-refractivity contribution is 0.222. The van der Waals surface area contributed by atoms with Crippen LogP contribution in [0.15, 0.2) is 12.2 Å². The molecule has 0 fully saturated rings. The van der Waals surface area contributed by atoms with Crippen molar-refractivity contribution in [2.75, 3.05) is 0 Å². The van der Waals surface area contributed by atoms with Crippen LogP contribution in [0.3, 0.4) is 0 Å². The molecule has 0 aromatic rings. The van der Waals surface area contributed by atoms with Gasteiger partial charge < -0.3 is 5.11 Å². The Hall–Kier alpha value is 0.430. The Labute approximate surface area is 69.3 Å². The van der Waals surface area contributed by atoms with E-state index in [0.717, 1.165) is 6.42 Å². The first-order valence-electron chi connectivity index (χ1n) is 3.29. The Balaban J connectivity index is 2.40. The summed E-state index contributed by atoms with van der Waals surface area (Å²) in [5, 5.41) is 9.11. The molecule has 9 heavy (non-hydrogen) atoms. The summed E-state index contributed by atoms with van der Waals surface area (Å²) in [4.78, 5) is 0. The van der Waals surface area contributed by atoms with Crippen molar-refractivity contribution in [3.05, 3.63) is 12.2 Å². The second-order valence-electron chi connectivity index (χ2n) is 2.40. The number of alkyl halides is 1. The molecule has 1 nitrogen and oxygen atoms in total. The van der Waals surface area contributed by atoms with Gasteiger partial charge in [-0.05, 0) is 19.3 Å². The SMILES string of the molecule is OC(I)[C@@H]1C=CCCC1. The summed E-state index contributed by atoms with van der Waals surface area (Å²) >= 11 is 2.07. The van der Waals surface area contributed by atoms with Crippen LogP contribution in [0.2, 0.25) is 0 Å². The number of aliphatic hydroxyl groups excluding tert-OH is 1. The van der Waals surface area contributed by atoms with Crippen molar-refractivity contribution in [1.82, 2.24) is 0 Å². The Morgan fingerprint density at radius 1 is 1.67 bits per heavy atom. The predicted octanol–water partition coefficient (Wildman–Crippen LogP) is 2.10. The van der Waals surface area contributed by atoms with Crippen molar-refractivity contribution in [3.63, 3.8) is 0 Å². The van der Waals surface area contributed by atoms with Gasteiger partial charge in [0.05, 0.1) is 0 Å². The molecule has 1 N–H and O–H groups in total. The lowest BCUT2D eigenvalue weighted by atomic mass is 9.97. The number of rotatable bonds is 1. The fourth-order valence-electron chi connectivity index (χ4n) is 1.07. The lowest BCUT2D eigenvalue weighted by Gasteiger charge is -2.17. The molecule has 52 valence electrons. The maximum absolute atomic E-state index is 9.11. The molecule has 0 radical (unpaired) electrons. The molecule has 0 bridgehead atoms.